The molecule has 0 spiro atoms. The van der Waals surface area contributed by atoms with E-state index in [0.29, 0.717) is 22.1 Å². The normalized spacial score (nSPS) is 11.8. The van der Waals surface area contributed by atoms with Gasteiger partial charge in [-0.3, -0.25) is 5.21 Å². The number of nitriles is 1. The second kappa shape index (κ2) is 7.95. The van der Waals surface area contributed by atoms with Crippen molar-refractivity contribution in [1.29, 1.82) is 5.26 Å². The third-order valence-corrected chi connectivity index (χ3v) is 3.38. The molecule has 1 unspecified atom stereocenters. The number of hydrogen-bond acceptors (Lipinski definition) is 4. The molecule has 2 amide bonds. The van der Waals surface area contributed by atoms with E-state index in [1.165, 1.54) is 30.3 Å². The average Bonchev–Trinajstić information content (AvgIpc) is 2.60. The van der Waals surface area contributed by atoms with Crippen LogP contribution in [-0.4, -0.2) is 22.3 Å². The van der Waals surface area contributed by atoms with Gasteiger partial charge in [0.25, 0.3) is 0 Å². The standard InChI is InChI=1S/C18H16FN3O3/c1-12(22(24)18(21)23)5-6-13-3-2-4-17(16(13)11-20)25-15-9-7-14(19)8-10-15/h2-10,12,24H,1H3,(H2,21,23). The van der Waals surface area contributed by atoms with Crippen LogP contribution in [0.15, 0.2) is 48.5 Å². The summed E-state index contributed by atoms with van der Waals surface area (Å²) in [4.78, 5) is 10.9. The number of nitrogens with zero attached hydrogens (tertiary/aromatic N) is 2. The van der Waals surface area contributed by atoms with Crippen molar-refractivity contribution >= 4 is 12.1 Å². The van der Waals surface area contributed by atoms with Crippen molar-refractivity contribution in [1.82, 2.24) is 5.06 Å². The number of amides is 2. The number of urea groups is 1. The summed E-state index contributed by atoms with van der Waals surface area (Å²) < 4.78 is 18.6. The summed E-state index contributed by atoms with van der Waals surface area (Å²) in [5.74, 6) is 0.309. The second-order valence-electron chi connectivity index (χ2n) is 5.17. The fraction of sp³-hybridized carbons (Fsp3) is 0.111. The van der Waals surface area contributed by atoms with Crippen LogP contribution >= 0.6 is 0 Å². The lowest BCUT2D eigenvalue weighted by molar-refractivity contribution is -0.0560. The van der Waals surface area contributed by atoms with Gasteiger partial charge in [-0.1, -0.05) is 24.3 Å². The van der Waals surface area contributed by atoms with E-state index in [4.69, 9.17) is 10.5 Å². The molecule has 2 aromatic carbocycles. The molecule has 1 atom stereocenters. The molecule has 0 radical (unpaired) electrons. The molecule has 6 nitrogen and oxygen atoms in total. The average molecular weight is 341 g/mol. The quantitative estimate of drug-likeness (QED) is 0.640. The first-order valence-electron chi connectivity index (χ1n) is 7.34. The molecule has 25 heavy (non-hydrogen) atoms. The van der Waals surface area contributed by atoms with Crippen molar-refractivity contribution < 1.29 is 19.1 Å². The summed E-state index contributed by atoms with van der Waals surface area (Å²) in [6.45, 7) is 1.56. The van der Waals surface area contributed by atoms with Gasteiger partial charge in [-0.2, -0.15) is 10.3 Å². The highest BCUT2D eigenvalue weighted by Crippen LogP contribution is 2.28. The molecular weight excluding hydrogens is 325 g/mol. The van der Waals surface area contributed by atoms with E-state index in [9.17, 15) is 19.7 Å². The molecule has 0 heterocycles. The summed E-state index contributed by atoms with van der Waals surface area (Å²) in [7, 11) is 0. The lowest BCUT2D eigenvalue weighted by Crippen LogP contribution is -2.38. The molecule has 2 rings (SSSR count). The number of carbonyl (C=O) groups excluding carboxylic acids is 1. The molecule has 0 saturated carbocycles. The molecule has 0 saturated heterocycles. The van der Waals surface area contributed by atoms with Crippen molar-refractivity contribution in [3.8, 4) is 17.6 Å². The van der Waals surface area contributed by atoms with Crippen LogP contribution in [0.1, 0.15) is 18.1 Å². The maximum absolute atomic E-state index is 13.0. The Balaban J connectivity index is 2.27. The van der Waals surface area contributed by atoms with E-state index >= 15 is 0 Å². The van der Waals surface area contributed by atoms with Crippen LogP contribution in [0.5, 0.6) is 11.5 Å². The van der Waals surface area contributed by atoms with Gasteiger partial charge in [-0.25, -0.2) is 9.18 Å². The molecule has 0 aromatic heterocycles. The molecule has 7 heteroatoms. The smallest absolute Gasteiger partial charge is 0.339 e. The van der Waals surface area contributed by atoms with Crippen molar-refractivity contribution in [2.45, 2.75) is 13.0 Å². The summed E-state index contributed by atoms with van der Waals surface area (Å²) in [6.07, 6.45) is 3.09. The zero-order valence-electron chi connectivity index (χ0n) is 13.4. The van der Waals surface area contributed by atoms with Gasteiger partial charge in [0.2, 0.25) is 0 Å². The number of carbonyl (C=O) groups is 1. The largest absolute Gasteiger partial charge is 0.456 e. The maximum Gasteiger partial charge on any atom is 0.339 e. The maximum atomic E-state index is 13.0. The number of ether oxygens (including phenoxy) is 1. The van der Waals surface area contributed by atoms with Crippen LogP contribution in [0, 0.1) is 17.1 Å². The summed E-state index contributed by atoms with van der Waals surface area (Å²) in [6, 6.07) is 10.8. The molecular formula is C18H16FN3O3. The Hall–Kier alpha value is -3.37. The third-order valence-electron chi connectivity index (χ3n) is 3.38. The monoisotopic (exact) mass is 341 g/mol. The molecule has 0 aliphatic heterocycles. The first-order valence-corrected chi connectivity index (χ1v) is 7.34. The SMILES string of the molecule is CC(C=Cc1cccc(Oc2ccc(F)cc2)c1C#N)N(O)C(N)=O. The molecule has 0 bridgehead atoms. The van der Waals surface area contributed by atoms with Crippen LogP contribution in [0.4, 0.5) is 9.18 Å². The Labute approximate surface area is 144 Å². The Morgan fingerprint density at radius 3 is 2.64 bits per heavy atom. The molecule has 2 aromatic rings. The van der Waals surface area contributed by atoms with Crippen LogP contribution in [0.25, 0.3) is 6.08 Å². The fourth-order valence-corrected chi connectivity index (χ4v) is 2.05. The summed E-state index contributed by atoms with van der Waals surface area (Å²) in [5, 5.41) is 19.3. The number of hydroxylamine groups is 2. The molecule has 128 valence electrons. The Kier molecular flexibility index (Phi) is 5.71. The number of halogens is 1. The van der Waals surface area contributed by atoms with E-state index in [2.05, 4.69) is 6.07 Å². The fourth-order valence-electron chi connectivity index (χ4n) is 2.05. The van der Waals surface area contributed by atoms with E-state index in [0.717, 1.165) is 0 Å². The predicted octanol–water partition coefficient (Wildman–Crippen LogP) is 3.66. The topological polar surface area (TPSA) is 99.6 Å². The van der Waals surface area contributed by atoms with Gasteiger partial charge >= 0.3 is 6.03 Å². The van der Waals surface area contributed by atoms with Crippen molar-refractivity contribution in [2.24, 2.45) is 5.73 Å². The molecule has 0 aliphatic carbocycles. The lowest BCUT2D eigenvalue weighted by atomic mass is 10.1. The predicted molar refractivity (Wildman–Crippen MR) is 89.3 cm³/mol. The van der Waals surface area contributed by atoms with Crippen LogP contribution in [-0.2, 0) is 0 Å². The highest BCUT2D eigenvalue weighted by molar-refractivity contribution is 5.71. The van der Waals surface area contributed by atoms with Gasteiger partial charge in [0.1, 0.15) is 28.9 Å². The zero-order chi connectivity index (χ0) is 18.4. The third kappa shape index (κ3) is 4.56. The van der Waals surface area contributed by atoms with Gasteiger partial charge in [-0.15, -0.1) is 0 Å². The number of nitrogens with two attached hydrogens (primary N) is 1. The first-order chi connectivity index (χ1) is 11.9. The van der Waals surface area contributed by atoms with E-state index in [-0.39, 0.29) is 11.4 Å². The number of benzene rings is 2. The van der Waals surface area contributed by atoms with Gasteiger partial charge in [0, 0.05) is 0 Å². The van der Waals surface area contributed by atoms with Gasteiger partial charge < -0.3 is 10.5 Å². The minimum Gasteiger partial charge on any atom is -0.456 e. The van der Waals surface area contributed by atoms with Crippen LogP contribution in [0.3, 0.4) is 0 Å². The van der Waals surface area contributed by atoms with Crippen molar-refractivity contribution in [3.63, 3.8) is 0 Å². The number of rotatable bonds is 5. The van der Waals surface area contributed by atoms with E-state index in [1.54, 1.807) is 31.2 Å². The Morgan fingerprint density at radius 2 is 2.04 bits per heavy atom. The lowest BCUT2D eigenvalue weighted by Gasteiger charge is -2.17. The first kappa shape index (κ1) is 18.0. The van der Waals surface area contributed by atoms with Crippen LogP contribution in [0.2, 0.25) is 0 Å². The number of primary amides is 1. The van der Waals surface area contributed by atoms with Gasteiger partial charge in [-0.05, 0) is 42.8 Å². The minimum atomic E-state index is -0.981. The second-order valence-corrected chi connectivity index (χ2v) is 5.17. The van der Waals surface area contributed by atoms with Crippen molar-refractivity contribution in [3.05, 3.63) is 65.5 Å². The minimum absolute atomic E-state index is 0.263. The van der Waals surface area contributed by atoms with Crippen molar-refractivity contribution in [2.75, 3.05) is 0 Å². The van der Waals surface area contributed by atoms with Crippen LogP contribution < -0.4 is 10.5 Å². The zero-order valence-corrected chi connectivity index (χ0v) is 13.4. The Bertz CT molecular complexity index is 828. The van der Waals surface area contributed by atoms with E-state index < -0.39 is 12.1 Å². The summed E-state index contributed by atoms with van der Waals surface area (Å²) >= 11 is 0. The van der Waals surface area contributed by atoms with Gasteiger partial charge in [0.05, 0.1) is 6.04 Å². The molecule has 3 N–H and O–H groups in total. The van der Waals surface area contributed by atoms with Gasteiger partial charge in [0.15, 0.2) is 0 Å². The molecule has 0 fully saturated rings. The summed E-state index contributed by atoms with van der Waals surface area (Å²) in [5.41, 5.74) is 5.78. The number of hydrogen-bond donors (Lipinski definition) is 2. The van der Waals surface area contributed by atoms with E-state index in [1.807, 2.05) is 0 Å². The highest BCUT2D eigenvalue weighted by atomic mass is 19.1. The molecule has 0 aliphatic rings. The Morgan fingerprint density at radius 1 is 1.36 bits per heavy atom. The highest BCUT2D eigenvalue weighted by Gasteiger charge is 2.13.